The lowest BCUT2D eigenvalue weighted by atomic mass is 10.0. The summed E-state index contributed by atoms with van der Waals surface area (Å²) in [5.41, 5.74) is 11.0. The van der Waals surface area contributed by atoms with Crippen molar-refractivity contribution in [3.63, 3.8) is 0 Å². The van der Waals surface area contributed by atoms with Crippen LogP contribution in [0.5, 0.6) is 0 Å². The first-order valence-electron chi connectivity index (χ1n) is 7.94. The predicted molar refractivity (Wildman–Crippen MR) is 90.4 cm³/mol. The molecule has 4 nitrogen and oxygen atoms in total. The molecular formula is C17H23N3OS. The highest BCUT2D eigenvalue weighted by Crippen LogP contribution is 2.39. The minimum atomic E-state index is -0.250. The maximum absolute atomic E-state index is 11.9. The molecule has 22 heavy (non-hydrogen) atoms. The third-order valence-electron chi connectivity index (χ3n) is 4.68. The smallest absolute Gasteiger partial charge is 0.161 e. The fraction of sp³-hybridized carbons (Fsp3) is 0.529. The van der Waals surface area contributed by atoms with Crippen LogP contribution in [0.15, 0.2) is 5.38 Å². The van der Waals surface area contributed by atoms with Crippen LogP contribution in [0.2, 0.25) is 0 Å². The summed E-state index contributed by atoms with van der Waals surface area (Å²) in [5, 5.41) is 3.09. The van der Waals surface area contributed by atoms with E-state index in [4.69, 9.17) is 10.7 Å². The van der Waals surface area contributed by atoms with E-state index in [0.717, 1.165) is 52.5 Å². The maximum atomic E-state index is 11.9. The molecule has 0 spiro atoms. The van der Waals surface area contributed by atoms with E-state index >= 15 is 0 Å². The SMILES string of the molecule is CCc1c(-c2csc(C3(N)CCCC3)n2)[nH]c(C)c1C(C)=O. The summed E-state index contributed by atoms with van der Waals surface area (Å²) in [6.07, 6.45) is 5.21. The molecule has 0 aliphatic heterocycles. The second-order valence-electron chi connectivity index (χ2n) is 6.29. The molecule has 118 valence electrons. The van der Waals surface area contributed by atoms with Gasteiger partial charge in [0, 0.05) is 16.6 Å². The zero-order valence-corrected chi connectivity index (χ0v) is 14.3. The van der Waals surface area contributed by atoms with Crippen LogP contribution in [0.3, 0.4) is 0 Å². The van der Waals surface area contributed by atoms with Crippen molar-refractivity contribution in [2.75, 3.05) is 0 Å². The van der Waals surface area contributed by atoms with Crippen molar-refractivity contribution in [1.29, 1.82) is 0 Å². The number of ketones is 1. The molecule has 5 heteroatoms. The van der Waals surface area contributed by atoms with Crippen molar-refractivity contribution in [3.8, 4) is 11.4 Å². The first kappa shape index (κ1) is 15.4. The van der Waals surface area contributed by atoms with E-state index in [1.165, 1.54) is 12.8 Å². The van der Waals surface area contributed by atoms with Gasteiger partial charge in [-0.3, -0.25) is 4.79 Å². The Morgan fingerprint density at radius 1 is 1.45 bits per heavy atom. The number of nitrogens with one attached hydrogen (secondary N) is 1. The van der Waals surface area contributed by atoms with Gasteiger partial charge in [0.1, 0.15) is 5.01 Å². The number of H-pyrrole nitrogens is 1. The van der Waals surface area contributed by atoms with Crippen LogP contribution in [0.4, 0.5) is 0 Å². The second-order valence-corrected chi connectivity index (χ2v) is 7.15. The molecule has 1 saturated carbocycles. The average molecular weight is 317 g/mol. The number of aromatic amines is 1. The molecule has 2 aromatic heterocycles. The lowest BCUT2D eigenvalue weighted by molar-refractivity contribution is 0.101. The van der Waals surface area contributed by atoms with Crippen LogP contribution in [0, 0.1) is 6.92 Å². The Kier molecular flexibility index (Phi) is 3.95. The van der Waals surface area contributed by atoms with Crippen molar-refractivity contribution in [2.24, 2.45) is 5.73 Å². The number of thiazole rings is 1. The van der Waals surface area contributed by atoms with E-state index in [0.29, 0.717) is 0 Å². The van der Waals surface area contributed by atoms with E-state index < -0.39 is 0 Å². The van der Waals surface area contributed by atoms with Crippen LogP contribution >= 0.6 is 11.3 Å². The lowest BCUT2D eigenvalue weighted by Gasteiger charge is -2.19. The molecule has 0 aromatic carbocycles. The maximum Gasteiger partial charge on any atom is 0.161 e. The number of nitrogens with zero attached hydrogens (tertiary/aromatic N) is 1. The van der Waals surface area contributed by atoms with Crippen LogP contribution < -0.4 is 5.73 Å². The second kappa shape index (κ2) is 5.63. The molecule has 2 heterocycles. The highest BCUT2D eigenvalue weighted by Gasteiger charge is 2.34. The van der Waals surface area contributed by atoms with E-state index in [-0.39, 0.29) is 11.3 Å². The number of carbonyl (C=O) groups excluding carboxylic acids is 1. The van der Waals surface area contributed by atoms with Gasteiger partial charge in [-0.25, -0.2) is 4.98 Å². The summed E-state index contributed by atoms with van der Waals surface area (Å²) in [6.45, 7) is 5.65. The number of nitrogens with two attached hydrogens (primary N) is 1. The molecule has 1 fully saturated rings. The Balaban J connectivity index is 2.04. The molecule has 1 aliphatic carbocycles. The first-order valence-corrected chi connectivity index (χ1v) is 8.82. The number of rotatable bonds is 4. The van der Waals surface area contributed by atoms with Crippen molar-refractivity contribution < 1.29 is 4.79 Å². The third-order valence-corrected chi connectivity index (χ3v) is 5.74. The lowest BCUT2D eigenvalue weighted by Crippen LogP contribution is -2.32. The van der Waals surface area contributed by atoms with Gasteiger partial charge in [0.15, 0.2) is 5.78 Å². The van der Waals surface area contributed by atoms with Gasteiger partial charge in [-0.2, -0.15) is 0 Å². The molecule has 3 rings (SSSR count). The van der Waals surface area contributed by atoms with Crippen molar-refractivity contribution >= 4 is 17.1 Å². The Morgan fingerprint density at radius 3 is 2.73 bits per heavy atom. The first-order chi connectivity index (χ1) is 10.5. The molecular weight excluding hydrogens is 294 g/mol. The van der Waals surface area contributed by atoms with E-state index in [9.17, 15) is 4.79 Å². The molecule has 0 atom stereocenters. The van der Waals surface area contributed by atoms with Crippen LogP contribution in [0.25, 0.3) is 11.4 Å². The van der Waals surface area contributed by atoms with Crippen LogP contribution in [-0.2, 0) is 12.0 Å². The van der Waals surface area contributed by atoms with Gasteiger partial charge in [-0.1, -0.05) is 19.8 Å². The van der Waals surface area contributed by atoms with Gasteiger partial charge >= 0.3 is 0 Å². The highest BCUT2D eigenvalue weighted by atomic mass is 32.1. The minimum absolute atomic E-state index is 0.110. The van der Waals surface area contributed by atoms with Crippen LogP contribution in [0.1, 0.15) is 66.2 Å². The Hall–Kier alpha value is -1.46. The quantitative estimate of drug-likeness (QED) is 0.839. The molecule has 3 N–H and O–H groups in total. The largest absolute Gasteiger partial charge is 0.356 e. The van der Waals surface area contributed by atoms with Gasteiger partial charge < -0.3 is 10.7 Å². The normalized spacial score (nSPS) is 17.1. The summed E-state index contributed by atoms with van der Waals surface area (Å²) in [6, 6.07) is 0. The summed E-state index contributed by atoms with van der Waals surface area (Å²) in [5.74, 6) is 0.110. The summed E-state index contributed by atoms with van der Waals surface area (Å²) in [4.78, 5) is 20.1. The molecule has 1 aliphatic rings. The van der Waals surface area contributed by atoms with Gasteiger partial charge in [0.25, 0.3) is 0 Å². The van der Waals surface area contributed by atoms with E-state index in [2.05, 4.69) is 17.3 Å². The highest BCUT2D eigenvalue weighted by molar-refractivity contribution is 7.10. The fourth-order valence-corrected chi connectivity index (χ4v) is 4.55. The van der Waals surface area contributed by atoms with Crippen molar-refractivity contribution in [1.82, 2.24) is 9.97 Å². The molecule has 0 radical (unpaired) electrons. The third kappa shape index (κ3) is 2.42. The summed E-state index contributed by atoms with van der Waals surface area (Å²) < 4.78 is 0. The average Bonchev–Trinajstić information content (AvgIpc) is 3.15. The molecule has 2 aromatic rings. The standard InChI is InChI=1S/C17H23N3OS/c1-4-12-14(11(3)21)10(2)19-15(12)13-9-22-16(20-13)17(18)7-5-6-8-17/h9,19H,4-8,18H2,1-3H3. The number of aromatic nitrogens is 2. The van der Waals surface area contributed by atoms with Gasteiger partial charge in [0.05, 0.1) is 16.9 Å². The molecule has 0 amide bonds. The topological polar surface area (TPSA) is 71.8 Å². The Labute approximate surface area is 135 Å². The monoisotopic (exact) mass is 317 g/mol. The fourth-order valence-electron chi connectivity index (χ4n) is 3.56. The van der Waals surface area contributed by atoms with Gasteiger partial charge in [0.2, 0.25) is 0 Å². The predicted octanol–water partition coefficient (Wildman–Crippen LogP) is 3.94. The number of hydrogen-bond donors (Lipinski definition) is 2. The molecule has 0 saturated heterocycles. The number of carbonyl (C=O) groups is 1. The molecule has 0 unspecified atom stereocenters. The summed E-state index contributed by atoms with van der Waals surface area (Å²) >= 11 is 1.64. The summed E-state index contributed by atoms with van der Waals surface area (Å²) in [7, 11) is 0. The van der Waals surface area contributed by atoms with Gasteiger partial charge in [-0.15, -0.1) is 11.3 Å². The van der Waals surface area contributed by atoms with Crippen molar-refractivity contribution in [3.05, 3.63) is 27.2 Å². The number of hydrogen-bond acceptors (Lipinski definition) is 4. The zero-order valence-electron chi connectivity index (χ0n) is 13.5. The Bertz CT molecular complexity index is 708. The van der Waals surface area contributed by atoms with Crippen LogP contribution in [-0.4, -0.2) is 15.8 Å². The minimum Gasteiger partial charge on any atom is -0.356 e. The van der Waals surface area contributed by atoms with E-state index in [1.807, 2.05) is 6.92 Å². The number of Topliss-reactive ketones (excluding diaryl/α,β-unsaturated/α-hetero) is 1. The zero-order chi connectivity index (χ0) is 15.9. The molecule has 0 bridgehead atoms. The van der Waals surface area contributed by atoms with E-state index in [1.54, 1.807) is 18.3 Å². The Morgan fingerprint density at radius 2 is 2.14 bits per heavy atom. The number of aryl methyl sites for hydroxylation is 1. The van der Waals surface area contributed by atoms with Gasteiger partial charge in [-0.05, 0) is 38.7 Å². The van der Waals surface area contributed by atoms with Crippen molar-refractivity contribution in [2.45, 2.75) is 58.4 Å².